The molecule has 0 spiro atoms. The number of para-hydroxylation sites is 1. The molecule has 0 unspecified atom stereocenters. The number of carbonyl (C=O) groups excluding carboxylic acids is 1. The average molecular weight is 387 g/mol. The molecule has 0 saturated carbocycles. The highest BCUT2D eigenvalue weighted by Gasteiger charge is 2.19. The first-order valence-corrected chi connectivity index (χ1v) is 8.34. The van der Waals surface area contributed by atoms with Crippen LogP contribution in [0.5, 0.6) is 5.75 Å². The van der Waals surface area contributed by atoms with Gasteiger partial charge in [0.1, 0.15) is 23.8 Å². The van der Waals surface area contributed by atoms with Crippen LogP contribution in [-0.4, -0.2) is 10.8 Å². The summed E-state index contributed by atoms with van der Waals surface area (Å²) in [5, 5.41) is 14.1. The van der Waals surface area contributed by atoms with Gasteiger partial charge >= 0.3 is 0 Å². The number of furan rings is 1. The number of rotatable bonds is 6. The summed E-state index contributed by atoms with van der Waals surface area (Å²) in [5.74, 6) is 0.337. The number of hydrogen-bond donors (Lipinski definition) is 1. The predicted molar refractivity (Wildman–Crippen MR) is 100 cm³/mol. The first kappa shape index (κ1) is 18.5. The van der Waals surface area contributed by atoms with E-state index < -0.39 is 10.8 Å². The summed E-state index contributed by atoms with van der Waals surface area (Å²) < 4.78 is 11.0. The monoisotopic (exact) mass is 386 g/mol. The number of halogens is 1. The van der Waals surface area contributed by atoms with Gasteiger partial charge in [0.25, 0.3) is 11.6 Å². The Morgan fingerprint density at radius 1 is 1.22 bits per heavy atom. The second-order valence-electron chi connectivity index (χ2n) is 5.72. The van der Waals surface area contributed by atoms with E-state index >= 15 is 0 Å². The van der Waals surface area contributed by atoms with Crippen molar-refractivity contribution < 1.29 is 18.9 Å². The highest BCUT2D eigenvalue weighted by Crippen LogP contribution is 2.27. The molecule has 1 N–H and O–H groups in total. The molecule has 3 aromatic rings. The highest BCUT2D eigenvalue weighted by atomic mass is 35.5. The van der Waals surface area contributed by atoms with Crippen LogP contribution in [0.1, 0.15) is 21.9 Å². The summed E-state index contributed by atoms with van der Waals surface area (Å²) in [4.78, 5) is 22.9. The van der Waals surface area contributed by atoms with Gasteiger partial charge in [-0.15, -0.1) is 0 Å². The van der Waals surface area contributed by atoms with E-state index in [9.17, 15) is 14.9 Å². The van der Waals surface area contributed by atoms with Gasteiger partial charge in [0.2, 0.25) is 0 Å². The second-order valence-corrected chi connectivity index (χ2v) is 6.12. The number of nitro groups is 1. The van der Waals surface area contributed by atoms with Crippen LogP contribution in [-0.2, 0) is 6.61 Å². The first-order chi connectivity index (χ1) is 12.9. The first-order valence-electron chi connectivity index (χ1n) is 7.96. The van der Waals surface area contributed by atoms with Crippen LogP contribution in [0.15, 0.2) is 59.0 Å². The van der Waals surface area contributed by atoms with Crippen LogP contribution in [0.25, 0.3) is 0 Å². The van der Waals surface area contributed by atoms with E-state index in [1.165, 1.54) is 18.2 Å². The zero-order valence-electron chi connectivity index (χ0n) is 14.3. The van der Waals surface area contributed by atoms with E-state index in [1.54, 1.807) is 43.3 Å². The lowest BCUT2D eigenvalue weighted by atomic mass is 10.2. The standard InChI is InChI=1S/C19H15ClN2O5/c1-12-6-8-15(16(10-12)22(24)25)21-19(23)18-9-7-13(27-18)11-26-17-5-3-2-4-14(17)20/h2-10H,11H2,1H3,(H,21,23). The van der Waals surface area contributed by atoms with Crippen molar-refractivity contribution in [3.05, 3.63) is 86.8 Å². The van der Waals surface area contributed by atoms with Crippen molar-refractivity contribution in [1.29, 1.82) is 0 Å². The minimum Gasteiger partial charge on any atom is -0.484 e. The van der Waals surface area contributed by atoms with Gasteiger partial charge in [-0.2, -0.15) is 0 Å². The maximum absolute atomic E-state index is 12.3. The molecule has 0 aliphatic rings. The number of nitrogens with one attached hydrogen (secondary N) is 1. The molecule has 1 heterocycles. The average Bonchev–Trinajstić information content (AvgIpc) is 3.11. The van der Waals surface area contributed by atoms with Crippen LogP contribution < -0.4 is 10.1 Å². The number of nitrogens with zero attached hydrogens (tertiary/aromatic N) is 1. The molecular weight excluding hydrogens is 372 g/mol. The van der Waals surface area contributed by atoms with Gasteiger partial charge in [0.15, 0.2) is 5.76 Å². The fraction of sp³-hybridized carbons (Fsp3) is 0.105. The quantitative estimate of drug-likeness (QED) is 0.476. The van der Waals surface area contributed by atoms with E-state index in [0.29, 0.717) is 16.5 Å². The van der Waals surface area contributed by atoms with Crippen molar-refractivity contribution in [3.8, 4) is 5.75 Å². The Balaban J connectivity index is 1.69. The zero-order valence-corrected chi connectivity index (χ0v) is 15.0. The second kappa shape index (κ2) is 7.92. The largest absolute Gasteiger partial charge is 0.484 e. The molecule has 3 rings (SSSR count). The summed E-state index contributed by atoms with van der Waals surface area (Å²) in [6.07, 6.45) is 0. The minimum atomic E-state index is -0.592. The smallest absolute Gasteiger partial charge is 0.293 e. The number of ether oxygens (including phenoxy) is 1. The van der Waals surface area contributed by atoms with E-state index in [-0.39, 0.29) is 23.7 Å². The summed E-state index contributed by atoms with van der Waals surface area (Å²) in [6, 6.07) is 14.6. The van der Waals surface area contributed by atoms with Gasteiger partial charge in [0.05, 0.1) is 9.95 Å². The van der Waals surface area contributed by atoms with Crippen molar-refractivity contribution in [2.24, 2.45) is 0 Å². The minimum absolute atomic E-state index is 0.0163. The van der Waals surface area contributed by atoms with Crippen molar-refractivity contribution in [2.75, 3.05) is 5.32 Å². The molecule has 0 aliphatic heterocycles. The number of carbonyl (C=O) groups is 1. The third kappa shape index (κ3) is 4.45. The summed E-state index contributed by atoms with van der Waals surface area (Å²) in [7, 11) is 0. The molecule has 2 aromatic carbocycles. The Bertz CT molecular complexity index is 999. The van der Waals surface area contributed by atoms with Crippen LogP contribution in [0, 0.1) is 17.0 Å². The van der Waals surface area contributed by atoms with E-state index in [1.807, 2.05) is 0 Å². The molecule has 0 atom stereocenters. The summed E-state index contributed by atoms with van der Waals surface area (Å²) >= 11 is 6.01. The molecule has 1 aromatic heterocycles. The zero-order chi connectivity index (χ0) is 19.4. The molecule has 8 heteroatoms. The predicted octanol–water partition coefficient (Wildman–Crippen LogP) is 4.98. The Hall–Kier alpha value is -3.32. The normalized spacial score (nSPS) is 10.4. The maximum atomic E-state index is 12.3. The third-order valence-corrected chi connectivity index (χ3v) is 4.00. The Morgan fingerprint density at radius 2 is 2.00 bits per heavy atom. The Morgan fingerprint density at radius 3 is 2.74 bits per heavy atom. The number of hydrogen-bond acceptors (Lipinski definition) is 5. The molecule has 0 fully saturated rings. The molecule has 0 saturated heterocycles. The van der Waals surface area contributed by atoms with Crippen molar-refractivity contribution >= 4 is 28.9 Å². The fourth-order valence-corrected chi connectivity index (χ4v) is 2.56. The number of aryl methyl sites for hydroxylation is 1. The lowest BCUT2D eigenvalue weighted by Crippen LogP contribution is -2.12. The lowest BCUT2D eigenvalue weighted by Gasteiger charge is -2.06. The van der Waals surface area contributed by atoms with Crippen molar-refractivity contribution in [3.63, 3.8) is 0 Å². The van der Waals surface area contributed by atoms with Crippen molar-refractivity contribution in [1.82, 2.24) is 0 Å². The van der Waals surface area contributed by atoms with Gasteiger partial charge in [0, 0.05) is 6.07 Å². The van der Waals surface area contributed by atoms with E-state index in [0.717, 1.165) is 5.56 Å². The SMILES string of the molecule is Cc1ccc(NC(=O)c2ccc(COc3ccccc3Cl)o2)c([N+](=O)[O-])c1. The van der Waals surface area contributed by atoms with Crippen LogP contribution in [0.2, 0.25) is 5.02 Å². The molecular formula is C19H15ClN2O5. The number of anilines is 1. The fourth-order valence-electron chi connectivity index (χ4n) is 2.37. The maximum Gasteiger partial charge on any atom is 0.293 e. The molecule has 138 valence electrons. The Kier molecular flexibility index (Phi) is 5.42. The molecule has 0 aliphatic carbocycles. The van der Waals surface area contributed by atoms with Crippen molar-refractivity contribution in [2.45, 2.75) is 13.5 Å². The van der Waals surface area contributed by atoms with Gasteiger partial charge in [-0.3, -0.25) is 14.9 Å². The van der Waals surface area contributed by atoms with Crippen LogP contribution >= 0.6 is 11.6 Å². The Labute approximate surface area is 159 Å². The van der Waals surface area contributed by atoms with Crippen LogP contribution in [0.3, 0.4) is 0 Å². The summed E-state index contributed by atoms with van der Waals surface area (Å²) in [6.45, 7) is 1.82. The molecule has 7 nitrogen and oxygen atoms in total. The highest BCUT2D eigenvalue weighted by molar-refractivity contribution is 6.32. The van der Waals surface area contributed by atoms with Gasteiger partial charge in [-0.05, 0) is 42.8 Å². The topological polar surface area (TPSA) is 94.6 Å². The van der Waals surface area contributed by atoms with Gasteiger partial charge in [-0.25, -0.2) is 0 Å². The number of nitro benzene ring substituents is 1. The number of amides is 1. The van der Waals surface area contributed by atoms with Gasteiger partial charge < -0.3 is 14.5 Å². The summed E-state index contributed by atoms with van der Waals surface area (Å²) in [5.41, 5.74) is 0.634. The van der Waals surface area contributed by atoms with E-state index in [4.69, 9.17) is 20.8 Å². The lowest BCUT2D eigenvalue weighted by molar-refractivity contribution is -0.384. The molecule has 27 heavy (non-hydrogen) atoms. The van der Waals surface area contributed by atoms with Gasteiger partial charge in [-0.1, -0.05) is 29.8 Å². The van der Waals surface area contributed by atoms with E-state index in [2.05, 4.69) is 5.32 Å². The van der Waals surface area contributed by atoms with Crippen LogP contribution in [0.4, 0.5) is 11.4 Å². The molecule has 1 amide bonds. The molecule has 0 bridgehead atoms. The third-order valence-electron chi connectivity index (χ3n) is 3.69. The molecule has 0 radical (unpaired) electrons. The number of benzene rings is 2.